The second-order valence-corrected chi connectivity index (χ2v) is 6.31. The molecule has 2 heterocycles. The number of carbonyl (C=O) groups excluding carboxylic acids is 1. The monoisotopic (exact) mass is 363 g/mol. The molecule has 1 aliphatic rings. The number of amides is 1. The lowest BCUT2D eigenvalue weighted by atomic mass is 10.1. The van der Waals surface area contributed by atoms with Crippen molar-refractivity contribution in [3.63, 3.8) is 0 Å². The number of nitrogens with zero attached hydrogens (tertiary/aromatic N) is 1. The zero-order chi connectivity index (χ0) is 15.5. The number of hydrogen-bond acceptors (Lipinski definition) is 3. The lowest BCUT2D eigenvalue weighted by Gasteiger charge is -2.31. The summed E-state index contributed by atoms with van der Waals surface area (Å²) in [5.41, 5.74) is 1.19. The number of halogens is 1. The molecule has 1 fully saturated rings. The van der Waals surface area contributed by atoms with Gasteiger partial charge in [0.05, 0.1) is 0 Å². The zero-order valence-corrected chi connectivity index (χ0v) is 14.0. The van der Waals surface area contributed by atoms with Gasteiger partial charge in [0.1, 0.15) is 11.9 Å². The molecule has 4 nitrogen and oxygen atoms in total. The molecule has 0 radical (unpaired) electrons. The van der Waals surface area contributed by atoms with E-state index in [4.69, 9.17) is 9.15 Å². The largest absolute Gasteiger partial charge is 0.490 e. The molecule has 5 heteroatoms. The topological polar surface area (TPSA) is 42.7 Å². The predicted octanol–water partition coefficient (Wildman–Crippen LogP) is 4.03. The van der Waals surface area contributed by atoms with Gasteiger partial charge < -0.3 is 14.1 Å². The number of benzene rings is 1. The van der Waals surface area contributed by atoms with Crippen molar-refractivity contribution in [3.8, 4) is 5.75 Å². The zero-order valence-electron chi connectivity index (χ0n) is 12.4. The number of rotatable bonds is 3. The van der Waals surface area contributed by atoms with Crippen molar-refractivity contribution >= 4 is 21.8 Å². The minimum atomic E-state index is -0.0558. The number of aryl methyl sites for hydroxylation is 1. The molecule has 22 heavy (non-hydrogen) atoms. The Morgan fingerprint density at radius 2 is 2.05 bits per heavy atom. The smallest absolute Gasteiger partial charge is 0.289 e. The van der Waals surface area contributed by atoms with Gasteiger partial charge in [-0.15, -0.1) is 0 Å². The maximum atomic E-state index is 12.3. The average Bonchev–Trinajstić information content (AvgIpc) is 2.94. The molecular weight excluding hydrogens is 346 g/mol. The third-order valence-corrected chi connectivity index (χ3v) is 4.23. The van der Waals surface area contributed by atoms with E-state index in [0.29, 0.717) is 23.5 Å². The SMILES string of the molecule is Cc1cccc(OC2CCN(C(=O)c3ccc(Br)o3)CC2)c1. The third-order valence-electron chi connectivity index (χ3n) is 3.81. The molecule has 1 aromatic carbocycles. The Morgan fingerprint density at radius 3 is 2.68 bits per heavy atom. The molecular formula is C17H18BrNO3. The molecule has 2 aromatic rings. The number of piperidine rings is 1. The van der Waals surface area contributed by atoms with Crippen LogP contribution in [-0.4, -0.2) is 30.0 Å². The highest BCUT2D eigenvalue weighted by molar-refractivity contribution is 9.10. The minimum Gasteiger partial charge on any atom is -0.490 e. The normalized spacial score (nSPS) is 15.8. The number of ether oxygens (including phenoxy) is 1. The van der Waals surface area contributed by atoms with E-state index in [0.717, 1.165) is 18.6 Å². The Balaban J connectivity index is 1.55. The molecule has 0 spiro atoms. The first-order valence-electron chi connectivity index (χ1n) is 7.40. The Hall–Kier alpha value is -1.75. The molecule has 0 unspecified atom stereocenters. The van der Waals surface area contributed by atoms with Gasteiger partial charge >= 0.3 is 0 Å². The summed E-state index contributed by atoms with van der Waals surface area (Å²) in [7, 11) is 0. The van der Waals surface area contributed by atoms with Crippen LogP contribution in [0.5, 0.6) is 5.75 Å². The first-order valence-corrected chi connectivity index (χ1v) is 8.19. The lowest BCUT2D eigenvalue weighted by molar-refractivity contribution is 0.0565. The van der Waals surface area contributed by atoms with Gasteiger partial charge in [-0.1, -0.05) is 12.1 Å². The predicted molar refractivity (Wildman–Crippen MR) is 87.1 cm³/mol. The highest BCUT2D eigenvalue weighted by Gasteiger charge is 2.26. The highest BCUT2D eigenvalue weighted by Crippen LogP contribution is 2.22. The number of hydrogen-bond donors (Lipinski definition) is 0. The number of likely N-dealkylation sites (tertiary alicyclic amines) is 1. The van der Waals surface area contributed by atoms with Crippen molar-refractivity contribution in [1.82, 2.24) is 4.90 Å². The average molecular weight is 364 g/mol. The maximum absolute atomic E-state index is 12.3. The fraction of sp³-hybridized carbons (Fsp3) is 0.353. The van der Waals surface area contributed by atoms with Crippen LogP contribution in [0.1, 0.15) is 29.0 Å². The van der Waals surface area contributed by atoms with Crippen LogP contribution >= 0.6 is 15.9 Å². The first kappa shape index (κ1) is 15.2. The van der Waals surface area contributed by atoms with E-state index in [1.165, 1.54) is 5.56 Å². The van der Waals surface area contributed by atoms with Gasteiger partial charge in [-0.2, -0.15) is 0 Å². The molecule has 0 atom stereocenters. The van der Waals surface area contributed by atoms with E-state index in [1.807, 2.05) is 23.1 Å². The summed E-state index contributed by atoms with van der Waals surface area (Å²) >= 11 is 3.22. The van der Waals surface area contributed by atoms with Gasteiger partial charge in [-0.25, -0.2) is 0 Å². The van der Waals surface area contributed by atoms with Crippen LogP contribution in [0.3, 0.4) is 0 Å². The standard InChI is InChI=1S/C17H18BrNO3/c1-12-3-2-4-14(11-12)21-13-7-9-19(10-8-13)17(20)15-5-6-16(18)22-15/h2-6,11,13H,7-10H2,1H3. The Kier molecular flexibility index (Phi) is 4.52. The van der Waals surface area contributed by atoms with Crippen LogP contribution in [-0.2, 0) is 0 Å². The van der Waals surface area contributed by atoms with Crippen LogP contribution in [0.2, 0.25) is 0 Å². The summed E-state index contributed by atoms with van der Waals surface area (Å²) in [5.74, 6) is 1.23. The summed E-state index contributed by atoms with van der Waals surface area (Å²) in [6.07, 6.45) is 1.83. The Labute approximate surface area is 138 Å². The lowest BCUT2D eigenvalue weighted by Crippen LogP contribution is -2.41. The highest BCUT2D eigenvalue weighted by atomic mass is 79.9. The Bertz CT molecular complexity index is 659. The summed E-state index contributed by atoms with van der Waals surface area (Å²) in [6.45, 7) is 3.43. The van der Waals surface area contributed by atoms with E-state index >= 15 is 0 Å². The van der Waals surface area contributed by atoms with Crippen LogP contribution in [0, 0.1) is 6.92 Å². The van der Waals surface area contributed by atoms with E-state index in [1.54, 1.807) is 12.1 Å². The Morgan fingerprint density at radius 1 is 1.27 bits per heavy atom. The molecule has 116 valence electrons. The summed E-state index contributed by atoms with van der Waals surface area (Å²) in [6, 6.07) is 11.5. The van der Waals surface area contributed by atoms with E-state index < -0.39 is 0 Å². The van der Waals surface area contributed by atoms with Crippen molar-refractivity contribution in [1.29, 1.82) is 0 Å². The van der Waals surface area contributed by atoms with Crippen molar-refractivity contribution < 1.29 is 13.9 Å². The van der Waals surface area contributed by atoms with Crippen LogP contribution in [0.4, 0.5) is 0 Å². The molecule has 1 amide bonds. The molecule has 1 aromatic heterocycles. The van der Waals surface area contributed by atoms with Gasteiger partial charge in [0.2, 0.25) is 0 Å². The number of furan rings is 1. The minimum absolute atomic E-state index is 0.0558. The van der Waals surface area contributed by atoms with Crippen molar-refractivity contribution in [2.75, 3.05) is 13.1 Å². The molecule has 1 saturated heterocycles. The van der Waals surface area contributed by atoms with Gasteiger partial charge in [0, 0.05) is 25.9 Å². The van der Waals surface area contributed by atoms with Crippen LogP contribution in [0.25, 0.3) is 0 Å². The van der Waals surface area contributed by atoms with E-state index in [-0.39, 0.29) is 12.0 Å². The van der Waals surface area contributed by atoms with Crippen molar-refractivity contribution in [2.45, 2.75) is 25.9 Å². The number of carbonyl (C=O) groups is 1. The molecule has 0 N–H and O–H groups in total. The fourth-order valence-corrected chi connectivity index (χ4v) is 2.95. The van der Waals surface area contributed by atoms with Gasteiger partial charge in [-0.05, 0) is 52.7 Å². The quantitative estimate of drug-likeness (QED) is 0.826. The molecule has 0 saturated carbocycles. The van der Waals surface area contributed by atoms with E-state index in [2.05, 4.69) is 28.9 Å². The van der Waals surface area contributed by atoms with Gasteiger partial charge in [0.15, 0.2) is 10.4 Å². The molecule has 0 aliphatic carbocycles. The molecule has 3 rings (SSSR count). The van der Waals surface area contributed by atoms with Gasteiger partial charge in [0.25, 0.3) is 5.91 Å². The summed E-state index contributed by atoms with van der Waals surface area (Å²) < 4.78 is 11.9. The maximum Gasteiger partial charge on any atom is 0.289 e. The van der Waals surface area contributed by atoms with Crippen LogP contribution in [0.15, 0.2) is 45.5 Å². The second kappa shape index (κ2) is 6.57. The van der Waals surface area contributed by atoms with Crippen LogP contribution < -0.4 is 4.74 Å². The summed E-state index contributed by atoms with van der Waals surface area (Å²) in [5, 5.41) is 0. The molecule has 0 bridgehead atoms. The van der Waals surface area contributed by atoms with Gasteiger partial charge in [-0.3, -0.25) is 4.79 Å². The van der Waals surface area contributed by atoms with Crippen molar-refractivity contribution in [2.24, 2.45) is 0 Å². The van der Waals surface area contributed by atoms with E-state index in [9.17, 15) is 4.79 Å². The third kappa shape index (κ3) is 3.53. The molecule has 1 aliphatic heterocycles. The fourth-order valence-electron chi connectivity index (χ4n) is 2.64. The van der Waals surface area contributed by atoms with Crippen molar-refractivity contribution in [3.05, 3.63) is 52.4 Å². The summed E-state index contributed by atoms with van der Waals surface area (Å²) in [4.78, 5) is 14.1. The second-order valence-electron chi connectivity index (χ2n) is 5.53. The first-order chi connectivity index (χ1) is 10.6.